The molecule has 2 N–H and O–H groups in total. The minimum absolute atomic E-state index is 0.207. The van der Waals surface area contributed by atoms with E-state index in [2.05, 4.69) is 5.32 Å². The highest BCUT2D eigenvalue weighted by atomic mass is 35.5. The standard InChI is InChI=1S/C25H18ClF5N4O3S/c1-2-38-15-9-7-14(8-10-15)34-24(37)16(11-17(36)32-13-5-3-12(26)4-6-13)35(25(34)39)33-23-21(30)19(28)18(27)20(29)22(23)31/h3-10,16,33H,2,11H2,1H3,(H,32,36). The number of nitrogens with one attached hydrogen (secondary N) is 2. The van der Waals surface area contributed by atoms with Gasteiger partial charge in [-0.25, -0.2) is 27.0 Å². The van der Waals surface area contributed by atoms with Crippen molar-refractivity contribution in [2.45, 2.75) is 19.4 Å². The summed E-state index contributed by atoms with van der Waals surface area (Å²) in [6.45, 7) is 2.15. The number of carbonyl (C=O) groups is 2. The number of nitrogens with zero attached hydrogens (tertiary/aromatic N) is 2. The molecule has 1 fully saturated rings. The van der Waals surface area contributed by atoms with Crippen molar-refractivity contribution in [2.75, 3.05) is 22.2 Å². The van der Waals surface area contributed by atoms with E-state index in [9.17, 15) is 31.5 Å². The Labute approximate surface area is 229 Å². The summed E-state index contributed by atoms with van der Waals surface area (Å²) in [7, 11) is 0. The Kier molecular flexibility index (Phi) is 8.21. The number of carbonyl (C=O) groups excluding carboxylic acids is 2. The predicted molar refractivity (Wildman–Crippen MR) is 138 cm³/mol. The normalized spacial score (nSPS) is 15.1. The summed E-state index contributed by atoms with van der Waals surface area (Å²) in [5, 5.41) is 3.25. The molecule has 204 valence electrons. The van der Waals surface area contributed by atoms with Gasteiger partial charge in [-0.1, -0.05) is 11.6 Å². The number of halogens is 6. The number of anilines is 3. The molecule has 1 heterocycles. The number of amides is 2. The lowest BCUT2D eigenvalue weighted by atomic mass is 10.1. The molecule has 2 amide bonds. The van der Waals surface area contributed by atoms with Gasteiger partial charge in [0.25, 0.3) is 5.91 Å². The van der Waals surface area contributed by atoms with Gasteiger partial charge in [0, 0.05) is 10.7 Å². The number of hydrazine groups is 1. The van der Waals surface area contributed by atoms with Gasteiger partial charge in [-0.2, -0.15) is 0 Å². The first kappa shape index (κ1) is 28.0. The second-order valence-electron chi connectivity index (χ2n) is 8.08. The summed E-state index contributed by atoms with van der Waals surface area (Å²) in [5.41, 5.74) is 1.13. The number of thiocarbonyl (C=S) groups is 1. The molecule has 14 heteroatoms. The van der Waals surface area contributed by atoms with Crippen LogP contribution in [0.4, 0.5) is 39.0 Å². The summed E-state index contributed by atoms with van der Waals surface area (Å²) in [4.78, 5) is 27.2. The third kappa shape index (κ3) is 5.59. The van der Waals surface area contributed by atoms with E-state index in [1.54, 1.807) is 6.92 Å². The van der Waals surface area contributed by atoms with Crippen molar-refractivity contribution in [1.29, 1.82) is 0 Å². The molecule has 0 bridgehead atoms. The highest BCUT2D eigenvalue weighted by Crippen LogP contribution is 2.33. The van der Waals surface area contributed by atoms with E-state index in [1.807, 2.05) is 5.43 Å². The van der Waals surface area contributed by atoms with Crippen LogP contribution < -0.4 is 20.4 Å². The SMILES string of the molecule is CCOc1ccc(N2C(=O)C(CC(=O)Nc3ccc(Cl)cc3)N(Nc3c(F)c(F)c(F)c(F)c3F)C2=S)cc1. The maximum atomic E-state index is 14.5. The fourth-order valence-electron chi connectivity index (χ4n) is 3.74. The Balaban J connectivity index is 1.69. The van der Waals surface area contributed by atoms with Crippen LogP contribution in [0.5, 0.6) is 5.75 Å². The van der Waals surface area contributed by atoms with Gasteiger partial charge in [-0.05, 0) is 67.7 Å². The Morgan fingerprint density at radius 1 is 0.949 bits per heavy atom. The summed E-state index contributed by atoms with van der Waals surface area (Å²) < 4.78 is 75.6. The number of ether oxygens (including phenoxy) is 1. The van der Waals surface area contributed by atoms with Crippen molar-refractivity contribution < 1.29 is 36.3 Å². The Hall–Kier alpha value is -3.97. The molecule has 1 atom stereocenters. The van der Waals surface area contributed by atoms with Gasteiger partial charge >= 0.3 is 0 Å². The fourth-order valence-corrected chi connectivity index (χ4v) is 4.23. The Bertz CT molecular complexity index is 1410. The number of rotatable bonds is 8. The molecule has 7 nitrogen and oxygen atoms in total. The highest BCUT2D eigenvalue weighted by molar-refractivity contribution is 7.80. The summed E-state index contributed by atoms with van der Waals surface area (Å²) in [5.74, 6) is -12.1. The van der Waals surface area contributed by atoms with E-state index >= 15 is 0 Å². The molecule has 0 radical (unpaired) electrons. The summed E-state index contributed by atoms with van der Waals surface area (Å²) >= 11 is 11.2. The number of hydrogen-bond donors (Lipinski definition) is 2. The van der Waals surface area contributed by atoms with E-state index in [-0.39, 0.29) is 5.69 Å². The van der Waals surface area contributed by atoms with Gasteiger partial charge < -0.3 is 10.1 Å². The topological polar surface area (TPSA) is 73.9 Å². The van der Waals surface area contributed by atoms with Gasteiger partial charge in [-0.15, -0.1) is 0 Å². The third-order valence-corrected chi connectivity index (χ3v) is 6.20. The van der Waals surface area contributed by atoms with Gasteiger partial charge in [0.15, 0.2) is 23.3 Å². The molecular formula is C25H18ClF5N4O3S. The molecule has 39 heavy (non-hydrogen) atoms. The maximum absolute atomic E-state index is 14.5. The first-order valence-electron chi connectivity index (χ1n) is 11.3. The molecular weight excluding hydrogens is 567 g/mol. The Morgan fingerprint density at radius 2 is 1.51 bits per heavy atom. The zero-order valence-electron chi connectivity index (χ0n) is 19.9. The zero-order chi connectivity index (χ0) is 28.4. The molecule has 4 rings (SSSR count). The van der Waals surface area contributed by atoms with Crippen molar-refractivity contribution in [2.24, 2.45) is 0 Å². The molecule has 0 aromatic heterocycles. The smallest absolute Gasteiger partial charge is 0.258 e. The third-order valence-electron chi connectivity index (χ3n) is 5.57. The summed E-state index contributed by atoms with van der Waals surface area (Å²) in [6, 6.07) is 10.5. The average Bonchev–Trinajstić information content (AvgIpc) is 3.14. The van der Waals surface area contributed by atoms with Crippen LogP contribution in [0.15, 0.2) is 48.5 Å². The van der Waals surface area contributed by atoms with Crippen molar-refractivity contribution in [3.05, 3.63) is 82.6 Å². The van der Waals surface area contributed by atoms with Gasteiger partial charge in [0.1, 0.15) is 17.5 Å². The molecule has 1 saturated heterocycles. The van der Waals surface area contributed by atoms with Gasteiger partial charge in [-0.3, -0.25) is 19.9 Å². The minimum Gasteiger partial charge on any atom is -0.494 e. The maximum Gasteiger partial charge on any atom is 0.258 e. The molecule has 1 aliphatic rings. The highest BCUT2D eigenvalue weighted by Gasteiger charge is 2.45. The van der Waals surface area contributed by atoms with Crippen molar-refractivity contribution in [3.63, 3.8) is 0 Å². The first-order valence-corrected chi connectivity index (χ1v) is 12.1. The van der Waals surface area contributed by atoms with E-state index < -0.39 is 64.2 Å². The average molecular weight is 585 g/mol. The molecule has 0 saturated carbocycles. The van der Waals surface area contributed by atoms with Crippen LogP contribution in [0.25, 0.3) is 0 Å². The quantitative estimate of drug-likeness (QED) is 0.151. The largest absolute Gasteiger partial charge is 0.494 e. The lowest BCUT2D eigenvalue weighted by Gasteiger charge is -2.26. The zero-order valence-corrected chi connectivity index (χ0v) is 21.5. The molecule has 1 unspecified atom stereocenters. The van der Waals surface area contributed by atoms with Crippen LogP contribution in [0, 0.1) is 29.1 Å². The van der Waals surface area contributed by atoms with Crippen LogP contribution >= 0.6 is 23.8 Å². The number of benzene rings is 3. The van der Waals surface area contributed by atoms with Crippen LogP contribution in [0.1, 0.15) is 13.3 Å². The van der Waals surface area contributed by atoms with Crippen molar-refractivity contribution >= 4 is 57.8 Å². The van der Waals surface area contributed by atoms with Crippen LogP contribution in [0.3, 0.4) is 0 Å². The van der Waals surface area contributed by atoms with Crippen LogP contribution in [-0.4, -0.2) is 34.6 Å². The lowest BCUT2D eigenvalue weighted by Crippen LogP contribution is -2.42. The van der Waals surface area contributed by atoms with E-state index in [1.165, 1.54) is 48.5 Å². The van der Waals surface area contributed by atoms with E-state index in [0.29, 0.717) is 28.1 Å². The van der Waals surface area contributed by atoms with Crippen molar-refractivity contribution in [1.82, 2.24) is 5.01 Å². The van der Waals surface area contributed by atoms with E-state index in [0.717, 1.165) is 4.90 Å². The number of hydrogen-bond acceptors (Lipinski definition) is 5. The lowest BCUT2D eigenvalue weighted by molar-refractivity contribution is -0.124. The fraction of sp³-hybridized carbons (Fsp3) is 0.160. The molecule has 3 aromatic rings. The predicted octanol–water partition coefficient (Wildman–Crippen LogP) is 5.79. The van der Waals surface area contributed by atoms with Gasteiger partial charge in [0.05, 0.1) is 18.7 Å². The molecule has 0 aliphatic carbocycles. The van der Waals surface area contributed by atoms with Crippen molar-refractivity contribution in [3.8, 4) is 5.75 Å². The minimum atomic E-state index is -2.36. The van der Waals surface area contributed by atoms with Crippen LogP contribution in [0.2, 0.25) is 5.02 Å². The Morgan fingerprint density at radius 3 is 2.08 bits per heavy atom. The van der Waals surface area contributed by atoms with Gasteiger partial charge in [0.2, 0.25) is 16.8 Å². The second kappa shape index (κ2) is 11.4. The molecule has 1 aliphatic heterocycles. The molecule has 3 aromatic carbocycles. The van der Waals surface area contributed by atoms with E-state index in [4.69, 9.17) is 28.6 Å². The van der Waals surface area contributed by atoms with Crippen LogP contribution in [-0.2, 0) is 9.59 Å². The first-order chi connectivity index (χ1) is 18.5. The molecule has 0 spiro atoms. The second-order valence-corrected chi connectivity index (χ2v) is 8.89. The summed E-state index contributed by atoms with van der Waals surface area (Å²) in [6.07, 6.45) is -0.614. The monoisotopic (exact) mass is 584 g/mol.